The van der Waals surface area contributed by atoms with Crippen molar-refractivity contribution in [1.82, 2.24) is 0 Å². The Kier molecular flexibility index (Phi) is 7.57. The van der Waals surface area contributed by atoms with Crippen LogP contribution in [0.2, 0.25) is 5.04 Å². The molecule has 0 spiro atoms. The lowest BCUT2D eigenvalue weighted by Gasteiger charge is -2.51. The molecule has 2 saturated carbocycles. The van der Waals surface area contributed by atoms with E-state index in [4.69, 9.17) is 4.43 Å². The molecule has 3 heteroatoms. The molecule has 2 aliphatic rings. The van der Waals surface area contributed by atoms with Gasteiger partial charge in [0.2, 0.25) is 0 Å². The summed E-state index contributed by atoms with van der Waals surface area (Å²) < 4.78 is 7.69. The standard InChI is InChI=1S/C31H44O2Si/c1-6-7-20-31-21-18-24(2)27(23-32)29(31)28(19-22-31)33-34(30(3,4)5,25-14-10-8-11-15-25)26-16-12-9-13-17-26/h6,8-17,24,27-29,32H,1,7,18-23H2,2-5H3/t24-,27-,28+,29-,31+/m1/s1. The van der Waals surface area contributed by atoms with Crippen LogP contribution in [0.3, 0.4) is 0 Å². The van der Waals surface area contributed by atoms with Crippen molar-refractivity contribution < 1.29 is 9.53 Å². The summed E-state index contributed by atoms with van der Waals surface area (Å²) in [6.45, 7) is 13.7. The van der Waals surface area contributed by atoms with Gasteiger partial charge in [-0.05, 0) is 77.1 Å². The lowest BCUT2D eigenvalue weighted by molar-refractivity contribution is -0.0453. The van der Waals surface area contributed by atoms with Crippen molar-refractivity contribution in [3.05, 3.63) is 73.3 Å². The first kappa shape index (κ1) is 25.4. The molecular weight excluding hydrogens is 432 g/mol. The van der Waals surface area contributed by atoms with E-state index < -0.39 is 8.32 Å². The summed E-state index contributed by atoms with van der Waals surface area (Å²) in [4.78, 5) is 0. The van der Waals surface area contributed by atoms with Crippen LogP contribution in [0.25, 0.3) is 0 Å². The number of fused-ring (bicyclic) bond motifs is 1. The Hall–Kier alpha value is -1.68. The van der Waals surface area contributed by atoms with Crippen molar-refractivity contribution in [3.8, 4) is 0 Å². The van der Waals surface area contributed by atoms with Crippen molar-refractivity contribution in [2.75, 3.05) is 6.61 Å². The lowest BCUT2D eigenvalue weighted by atomic mass is 9.58. The Labute approximate surface area is 208 Å². The van der Waals surface area contributed by atoms with Crippen molar-refractivity contribution in [2.24, 2.45) is 23.2 Å². The topological polar surface area (TPSA) is 29.5 Å². The molecule has 0 amide bonds. The maximum Gasteiger partial charge on any atom is 0.261 e. The van der Waals surface area contributed by atoms with E-state index in [0.29, 0.717) is 17.8 Å². The van der Waals surface area contributed by atoms with Crippen LogP contribution in [0.1, 0.15) is 66.2 Å². The van der Waals surface area contributed by atoms with E-state index in [1.807, 2.05) is 0 Å². The van der Waals surface area contributed by atoms with Gasteiger partial charge < -0.3 is 9.53 Å². The molecule has 2 aromatic rings. The predicted octanol–water partition coefficient (Wildman–Crippen LogP) is 6.33. The van der Waals surface area contributed by atoms with Gasteiger partial charge in [-0.1, -0.05) is 94.4 Å². The maximum atomic E-state index is 10.6. The molecule has 0 heterocycles. The Morgan fingerprint density at radius 3 is 2.06 bits per heavy atom. The van der Waals surface area contributed by atoms with Crippen LogP contribution >= 0.6 is 0 Å². The van der Waals surface area contributed by atoms with E-state index in [2.05, 4.69) is 101 Å². The van der Waals surface area contributed by atoms with Crippen LogP contribution in [-0.2, 0) is 4.43 Å². The second kappa shape index (κ2) is 10.1. The van der Waals surface area contributed by atoms with Gasteiger partial charge in [0.05, 0.1) is 0 Å². The van der Waals surface area contributed by atoms with Gasteiger partial charge in [-0.15, -0.1) is 6.58 Å². The van der Waals surface area contributed by atoms with Crippen LogP contribution in [-0.4, -0.2) is 26.1 Å². The van der Waals surface area contributed by atoms with Crippen molar-refractivity contribution >= 4 is 18.7 Å². The molecule has 5 atom stereocenters. The molecule has 4 rings (SSSR count). The first-order valence-corrected chi connectivity index (χ1v) is 15.2. The number of aliphatic hydroxyl groups is 1. The molecule has 0 unspecified atom stereocenters. The molecule has 2 aliphatic carbocycles. The first-order valence-electron chi connectivity index (χ1n) is 13.3. The number of hydrogen-bond donors (Lipinski definition) is 1. The largest absolute Gasteiger partial charge is 0.404 e. The summed E-state index contributed by atoms with van der Waals surface area (Å²) in [5.41, 5.74) is 0.268. The van der Waals surface area contributed by atoms with E-state index in [1.54, 1.807) is 0 Å². The normalized spacial score (nSPS) is 29.6. The third-order valence-corrected chi connectivity index (χ3v) is 14.2. The fourth-order valence-corrected chi connectivity index (χ4v) is 12.2. The van der Waals surface area contributed by atoms with Crippen LogP contribution in [0.15, 0.2) is 73.3 Å². The molecule has 0 aromatic heterocycles. The molecule has 2 fully saturated rings. The van der Waals surface area contributed by atoms with Gasteiger partial charge >= 0.3 is 0 Å². The molecule has 184 valence electrons. The van der Waals surface area contributed by atoms with Gasteiger partial charge in [0, 0.05) is 12.7 Å². The molecule has 2 aromatic carbocycles. The summed E-state index contributed by atoms with van der Waals surface area (Å²) >= 11 is 0. The molecule has 0 bridgehead atoms. The minimum atomic E-state index is -2.62. The summed E-state index contributed by atoms with van der Waals surface area (Å²) in [6, 6.07) is 22.0. The quantitative estimate of drug-likeness (QED) is 0.356. The zero-order valence-electron chi connectivity index (χ0n) is 21.7. The van der Waals surface area contributed by atoms with Crippen LogP contribution in [0, 0.1) is 23.2 Å². The molecule has 0 saturated heterocycles. The second-order valence-electron chi connectivity index (χ2n) is 11.9. The number of rotatable bonds is 8. The van der Waals surface area contributed by atoms with Gasteiger partial charge in [0.15, 0.2) is 0 Å². The molecule has 34 heavy (non-hydrogen) atoms. The van der Waals surface area contributed by atoms with Crippen molar-refractivity contribution in [3.63, 3.8) is 0 Å². The Morgan fingerprint density at radius 1 is 1.00 bits per heavy atom. The summed E-state index contributed by atoms with van der Waals surface area (Å²) in [5.74, 6) is 1.25. The Balaban J connectivity index is 1.84. The molecule has 2 nitrogen and oxygen atoms in total. The molecule has 1 N–H and O–H groups in total. The highest BCUT2D eigenvalue weighted by atomic mass is 28.4. The van der Waals surface area contributed by atoms with E-state index in [0.717, 1.165) is 12.8 Å². The Bertz CT molecular complexity index is 895. The van der Waals surface area contributed by atoms with Crippen LogP contribution in [0.4, 0.5) is 0 Å². The fourth-order valence-electron chi connectivity index (χ4n) is 7.43. The van der Waals surface area contributed by atoms with Crippen LogP contribution in [0.5, 0.6) is 0 Å². The predicted molar refractivity (Wildman–Crippen MR) is 146 cm³/mol. The molecule has 0 radical (unpaired) electrons. The Morgan fingerprint density at radius 2 is 1.56 bits per heavy atom. The third kappa shape index (κ3) is 4.36. The zero-order chi connectivity index (χ0) is 24.4. The SMILES string of the molecule is C=CCC[C@@]12CC[C@@H](C)[C@@H](CO)[C@@H]1[C@@H](O[Si](c1ccccc1)(c1ccccc1)C(C)(C)C)CC2. The summed E-state index contributed by atoms with van der Waals surface area (Å²) in [7, 11) is -2.62. The average Bonchev–Trinajstić information content (AvgIpc) is 3.20. The van der Waals surface area contributed by atoms with E-state index >= 15 is 0 Å². The third-order valence-electron chi connectivity index (χ3n) is 9.13. The maximum absolute atomic E-state index is 10.6. The highest BCUT2D eigenvalue weighted by molar-refractivity contribution is 6.99. The smallest absolute Gasteiger partial charge is 0.261 e. The minimum absolute atomic E-state index is 0.0307. The van der Waals surface area contributed by atoms with Gasteiger partial charge in [-0.25, -0.2) is 0 Å². The van der Waals surface area contributed by atoms with E-state index in [1.165, 1.54) is 36.1 Å². The van der Waals surface area contributed by atoms with Gasteiger partial charge in [0.1, 0.15) is 0 Å². The van der Waals surface area contributed by atoms with Gasteiger partial charge in [0.25, 0.3) is 8.32 Å². The summed E-state index contributed by atoms with van der Waals surface area (Å²) in [5, 5.41) is 13.3. The monoisotopic (exact) mass is 476 g/mol. The minimum Gasteiger partial charge on any atom is -0.404 e. The number of benzene rings is 2. The fraction of sp³-hybridized carbons (Fsp3) is 0.548. The van der Waals surface area contributed by atoms with E-state index in [9.17, 15) is 5.11 Å². The number of allylic oxidation sites excluding steroid dienone is 1. The van der Waals surface area contributed by atoms with Crippen molar-refractivity contribution in [1.29, 1.82) is 0 Å². The number of hydrogen-bond acceptors (Lipinski definition) is 2. The molecule has 0 aliphatic heterocycles. The van der Waals surface area contributed by atoms with Gasteiger partial charge in [-0.2, -0.15) is 0 Å². The highest BCUT2D eigenvalue weighted by Gasteiger charge is 2.59. The highest BCUT2D eigenvalue weighted by Crippen LogP contribution is 2.60. The van der Waals surface area contributed by atoms with Gasteiger partial charge in [-0.3, -0.25) is 0 Å². The zero-order valence-corrected chi connectivity index (χ0v) is 22.7. The van der Waals surface area contributed by atoms with Crippen LogP contribution < -0.4 is 10.4 Å². The number of aliphatic hydroxyl groups excluding tert-OH is 1. The lowest BCUT2D eigenvalue weighted by Crippen LogP contribution is -2.68. The van der Waals surface area contributed by atoms with E-state index in [-0.39, 0.29) is 23.2 Å². The summed E-state index contributed by atoms with van der Waals surface area (Å²) in [6.07, 6.45) is 9.24. The average molecular weight is 477 g/mol. The second-order valence-corrected chi connectivity index (χ2v) is 16.2. The molecular formula is C31H44O2Si. The van der Waals surface area contributed by atoms with Crippen molar-refractivity contribution in [2.45, 2.75) is 77.4 Å². The first-order chi connectivity index (χ1) is 16.3.